The first-order chi connectivity index (χ1) is 11.1. The minimum atomic E-state index is -0.440. The Kier molecular flexibility index (Phi) is 4.37. The molecule has 1 aromatic carbocycles. The van der Waals surface area contributed by atoms with Gasteiger partial charge < -0.3 is 10.2 Å². The molecule has 0 bridgehead atoms. The zero-order valence-corrected chi connectivity index (χ0v) is 13.0. The van der Waals surface area contributed by atoms with Crippen LogP contribution < -0.4 is 5.32 Å². The van der Waals surface area contributed by atoms with Crippen LogP contribution in [-0.4, -0.2) is 34.3 Å². The number of hydrogen-bond donors (Lipinski definition) is 1. The molecule has 118 valence electrons. The first kappa shape index (κ1) is 15.2. The Morgan fingerprint density at radius 3 is 2.65 bits per heavy atom. The van der Waals surface area contributed by atoms with Gasteiger partial charge in [0, 0.05) is 17.9 Å². The molecule has 1 aliphatic rings. The summed E-state index contributed by atoms with van der Waals surface area (Å²) in [5, 5.41) is 2.88. The third kappa shape index (κ3) is 3.39. The number of aryl methyl sites for hydroxylation is 1. The van der Waals surface area contributed by atoms with Crippen LogP contribution in [-0.2, 0) is 4.79 Å². The molecular formula is C18H19N3O2. The van der Waals surface area contributed by atoms with Crippen molar-refractivity contribution in [3.05, 3.63) is 59.9 Å². The van der Waals surface area contributed by atoms with E-state index >= 15 is 0 Å². The largest absolute Gasteiger partial charge is 0.325 e. The van der Waals surface area contributed by atoms with E-state index in [1.54, 1.807) is 11.0 Å². The van der Waals surface area contributed by atoms with Gasteiger partial charge in [0.05, 0.1) is 0 Å². The Morgan fingerprint density at radius 1 is 1.13 bits per heavy atom. The zero-order chi connectivity index (χ0) is 16.2. The number of amides is 2. The van der Waals surface area contributed by atoms with Crippen LogP contribution in [0.1, 0.15) is 29.0 Å². The van der Waals surface area contributed by atoms with E-state index in [1.807, 2.05) is 49.4 Å². The molecule has 2 aromatic rings. The molecule has 1 fully saturated rings. The maximum absolute atomic E-state index is 12.6. The summed E-state index contributed by atoms with van der Waals surface area (Å²) < 4.78 is 0. The number of hydrogen-bond acceptors (Lipinski definition) is 3. The fourth-order valence-corrected chi connectivity index (χ4v) is 2.84. The predicted octanol–water partition coefficient (Wildman–Crippen LogP) is 2.63. The summed E-state index contributed by atoms with van der Waals surface area (Å²) in [5.41, 5.74) is 1.93. The molecule has 0 spiro atoms. The topological polar surface area (TPSA) is 62.3 Å². The first-order valence-corrected chi connectivity index (χ1v) is 7.76. The normalized spacial score (nSPS) is 17.1. The van der Waals surface area contributed by atoms with Gasteiger partial charge in [0.1, 0.15) is 11.7 Å². The molecule has 2 heterocycles. The van der Waals surface area contributed by atoms with Crippen molar-refractivity contribution in [2.24, 2.45) is 0 Å². The van der Waals surface area contributed by atoms with E-state index in [0.717, 1.165) is 17.8 Å². The smallest absolute Gasteiger partial charge is 0.273 e. The summed E-state index contributed by atoms with van der Waals surface area (Å²) in [6.07, 6.45) is 1.50. The Labute approximate surface area is 135 Å². The third-order valence-corrected chi connectivity index (χ3v) is 3.97. The second-order valence-corrected chi connectivity index (χ2v) is 5.68. The number of benzene rings is 1. The molecule has 0 aliphatic carbocycles. The van der Waals surface area contributed by atoms with Gasteiger partial charge in [-0.3, -0.25) is 9.59 Å². The van der Waals surface area contributed by atoms with Crippen molar-refractivity contribution in [2.75, 3.05) is 11.9 Å². The molecule has 3 rings (SSSR count). The monoisotopic (exact) mass is 309 g/mol. The maximum Gasteiger partial charge on any atom is 0.273 e. The van der Waals surface area contributed by atoms with E-state index in [0.29, 0.717) is 18.7 Å². The van der Waals surface area contributed by atoms with E-state index in [2.05, 4.69) is 10.3 Å². The van der Waals surface area contributed by atoms with Crippen molar-refractivity contribution in [3.8, 4) is 0 Å². The quantitative estimate of drug-likeness (QED) is 0.948. The van der Waals surface area contributed by atoms with Crippen LogP contribution in [0.15, 0.2) is 48.5 Å². The highest BCUT2D eigenvalue weighted by Gasteiger charge is 2.35. The molecule has 2 amide bonds. The summed E-state index contributed by atoms with van der Waals surface area (Å²) in [6.45, 7) is 2.43. The van der Waals surface area contributed by atoms with Gasteiger partial charge in [0.25, 0.3) is 5.91 Å². The second-order valence-electron chi connectivity index (χ2n) is 5.68. The number of rotatable bonds is 3. The fraction of sp³-hybridized carbons (Fsp3) is 0.278. The Hall–Kier alpha value is -2.69. The van der Waals surface area contributed by atoms with Crippen LogP contribution >= 0.6 is 0 Å². The number of aromatic nitrogens is 1. The lowest BCUT2D eigenvalue weighted by atomic mass is 10.2. The average molecular weight is 309 g/mol. The van der Waals surface area contributed by atoms with Crippen molar-refractivity contribution in [3.63, 3.8) is 0 Å². The van der Waals surface area contributed by atoms with Crippen LogP contribution in [0, 0.1) is 6.92 Å². The molecule has 1 N–H and O–H groups in total. The first-order valence-electron chi connectivity index (χ1n) is 7.76. The van der Waals surface area contributed by atoms with Crippen molar-refractivity contribution in [2.45, 2.75) is 25.8 Å². The van der Waals surface area contributed by atoms with E-state index in [9.17, 15) is 9.59 Å². The van der Waals surface area contributed by atoms with Gasteiger partial charge in [-0.25, -0.2) is 4.98 Å². The molecule has 1 aromatic heterocycles. The van der Waals surface area contributed by atoms with Gasteiger partial charge >= 0.3 is 0 Å². The van der Waals surface area contributed by atoms with Crippen molar-refractivity contribution in [1.82, 2.24) is 9.88 Å². The number of para-hydroxylation sites is 1. The zero-order valence-electron chi connectivity index (χ0n) is 13.0. The molecule has 0 radical (unpaired) electrons. The summed E-state index contributed by atoms with van der Waals surface area (Å²) in [5.74, 6) is -0.325. The highest BCUT2D eigenvalue weighted by atomic mass is 16.2. The van der Waals surface area contributed by atoms with Crippen LogP contribution in [0.2, 0.25) is 0 Å². The van der Waals surface area contributed by atoms with Crippen molar-refractivity contribution < 1.29 is 9.59 Å². The molecule has 0 saturated carbocycles. The molecule has 1 atom stereocenters. The Balaban J connectivity index is 1.74. The van der Waals surface area contributed by atoms with E-state index in [4.69, 9.17) is 0 Å². The van der Waals surface area contributed by atoms with Crippen molar-refractivity contribution in [1.29, 1.82) is 0 Å². The number of carbonyl (C=O) groups is 2. The predicted molar refractivity (Wildman–Crippen MR) is 88.1 cm³/mol. The Bertz CT molecular complexity index is 715. The molecular weight excluding hydrogens is 290 g/mol. The van der Waals surface area contributed by atoms with E-state index < -0.39 is 6.04 Å². The number of likely N-dealkylation sites (tertiary alicyclic amines) is 1. The third-order valence-electron chi connectivity index (χ3n) is 3.97. The summed E-state index contributed by atoms with van der Waals surface area (Å²) in [7, 11) is 0. The molecule has 5 nitrogen and oxygen atoms in total. The van der Waals surface area contributed by atoms with Crippen LogP contribution in [0.25, 0.3) is 0 Å². The standard InChI is InChI=1S/C18H19N3O2/c1-13-7-5-10-15(19-13)18(23)21-12-6-11-16(21)17(22)20-14-8-3-2-4-9-14/h2-5,7-10,16H,6,11-12H2,1H3,(H,20,22)/t16-/m1/s1. The van der Waals surface area contributed by atoms with Crippen LogP contribution in [0.4, 0.5) is 5.69 Å². The highest BCUT2D eigenvalue weighted by molar-refractivity contribution is 6.00. The van der Waals surface area contributed by atoms with Gasteiger partial charge in [0.2, 0.25) is 5.91 Å². The Morgan fingerprint density at radius 2 is 1.91 bits per heavy atom. The molecule has 0 unspecified atom stereocenters. The molecule has 23 heavy (non-hydrogen) atoms. The minimum Gasteiger partial charge on any atom is -0.325 e. The summed E-state index contributed by atoms with van der Waals surface area (Å²) in [6, 6.07) is 14.2. The van der Waals surface area contributed by atoms with Crippen LogP contribution in [0.5, 0.6) is 0 Å². The van der Waals surface area contributed by atoms with Gasteiger partial charge in [-0.2, -0.15) is 0 Å². The fourth-order valence-electron chi connectivity index (χ4n) is 2.84. The second kappa shape index (κ2) is 6.60. The van der Waals surface area contributed by atoms with Gasteiger partial charge in [0.15, 0.2) is 0 Å². The SMILES string of the molecule is Cc1cccc(C(=O)N2CCC[C@@H]2C(=O)Nc2ccccc2)n1. The van der Waals surface area contributed by atoms with Crippen molar-refractivity contribution >= 4 is 17.5 Å². The average Bonchev–Trinajstić information content (AvgIpc) is 3.05. The number of nitrogens with zero attached hydrogens (tertiary/aromatic N) is 2. The minimum absolute atomic E-state index is 0.144. The van der Waals surface area contributed by atoms with E-state index in [-0.39, 0.29) is 11.8 Å². The lowest BCUT2D eigenvalue weighted by Gasteiger charge is -2.23. The number of carbonyl (C=O) groups excluding carboxylic acids is 2. The van der Waals surface area contributed by atoms with E-state index in [1.165, 1.54) is 0 Å². The lowest BCUT2D eigenvalue weighted by Crippen LogP contribution is -2.43. The molecule has 1 saturated heterocycles. The van der Waals surface area contributed by atoms with Gasteiger partial charge in [-0.1, -0.05) is 24.3 Å². The molecule has 1 aliphatic heterocycles. The number of nitrogens with one attached hydrogen (secondary N) is 1. The summed E-state index contributed by atoms with van der Waals surface area (Å²) in [4.78, 5) is 31.0. The summed E-state index contributed by atoms with van der Waals surface area (Å²) >= 11 is 0. The number of anilines is 1. The number of pyridine rings is 1. The van der Waals surface area contributed by atoms with Gasteiger partial charge in [-0.05, 0) is 44.0 Å². The van der Waals surface area contributed by atoms with Crippen LogP contribution in [0.3, 0.4) is 0 Å². The van der Waals surface area contributed by atoms with Gasteiger partial charge in [-0.15, -0.1) is 0 Å². The lowest BCUT2D eigenvalue weighted by molar-refractivity contribution is -0.119. The highest BCUT2D eigenvalue weighted by Crippen LogP contribution is 2.21. The maximum atomic E-state index is 12.6. The molecule has 5 heteroatoms.